The van der Waals surface area contributed by atoms with Gasteiger partial charge in [0.25, 0.3) is 0 Å². The second kappa shape index (κ2) is 9.99. The van der Waals surface area contributed by atoms with Gasteiger partial charge in [0.05, 0.1) is 13.8 Å². The lowest BCUT2D eigenvalue weighted by Crippen LogP contribution is -2.48. The summed E-state index contributed by atoms with van der Waals surface area (Å²) in [5.41, 5.74) is 0.471. The summed E-state index contributed by atoms with van der Waals surface area (Å²) >= 11 is 0. The van der Waals surface area contributed by atoms with Crippen LogP contribution in [0, 0.1) is 0 Å². The summed E-state index contributed by atoms with van der Waals surface area (Å²) in [6.07, 6.45) is 5.07. The first kappa shape index (κ1) is 18.1. The third-order valence-corrected chi connectivity index (χ3v) is 10.6. The van der Waals surface area contributed by atoms with Crippen LogP contribution in [-0.4, -0.2) is 27.2 Å². The molecule has 0 aromatic heterocycles. The van der Waals surface area contributed by atoms with Gasteiger partial charge in [0, 0.05) is 7.11 Å². The zero-order valence-corrected chi connectivity index (χ0v) is 14.4. The van der Waals surface area contributed by atoms with Crippen LogP contribution in [0.2, 0.25) is 18.1 Å². The molecule has 0 saturated heterocycles. The fraction of sp³-hybridized carbons (Fsp3) is 1.00. The van der Waals surface area contributed by atoms with Crippen molar-refractivity contribution in [3.05, 3.63) is 0 Å². The predicted octanol–water partition coefficient (Wildman–Crippen LogP) is 4.99. The number of rotatable bonds is 11. The van der Waals surface area contributed by atoms with Crippen LogP contribution >= 0.6 is 0 Å². The van der Waals surface area contributed by atoms with Crippen LogP contribution in [0.25, 0.3) is 0 Å². The molecule has 2 atom stereocenters. The van der Waals surface area contributed by atoms with E-state index in [1.165, 1.54) is 43.8 Å². The Morgan fingerprint density at radius 2 is 1.50 bits per heavy atom. The minimum atomic E-state index is -1.28. The molecule has 18 heavy (non-hydrogen) atoms. The number of unbranched alkanes of at least 4 members (excludes halogenated alkanes) is 2. The minimum absolute atomic E-state index is 0.0619. The summed E-state index contributed by atoms with van der Waals surface area (Å²) in [7, 11) is 0.459. The molecular weight excluding hydrogens is 240 g/mol. The first-order valence-corrected chi connectivity index (χ1v) is 10.5. The van der Waals surface area contributed by atoms with Gasteiger partial charge in [0.1, 0.15) is 0 Å². The lowest BCUT2D eigenvalue weighted by molar-refractivity contribution is -0.127. The first-order valence-electron chi connectivity index (χ1n) is 7.78. The van der Waals surface area contributed by atoms with Crippen molar-refractivity contribution >= 4 is 8.07 Å². The normalized spacial score (nSPS) is 15.7. The molecule has 0 heterocycles. The monoisotopic (exact) mass is 274 g/mol. The Morgan fingerprint density at radius 3 is 1.89 bits per heavy atom. The van der Waals surface area contributed by atoms with Gasteiger partial charge in [0.15, 0.2) is 6.29 Å². The van der Waals surface area contributed by atoms with E-state index in [1.807, 2.05) is 6.92 Å². The number of hydrogen-bond acceptors (Lipinski definition) is 2. The SMILES string of the molecule is CCCCC[C@@H](O[C@H](C)OC)[Si](CC)(CC)CC. The van der Waals surface area contributed by atoms with Gasteiger partial charge < -0.3 is 9.47 Å². The molecule has 0 fully saturated rings. The highest BCUT2D eigenvalue weighted by atomic mass is 28.3. The maximum absolute atomic E-state index is 6.22. The van der Waals surface area contributed by atoms with E-state index in [4.69, 9.17) is 9.47 Å². The van der Waals surface area contributed by atoms with Gasteiger partial charge in [-0.25, -0.2) is 0 Å². The van der Waals surface area contributed by atoms with Crippen LogP contribution in [0.4, 0.5) is 0 Å². The van der Waals surface area contributed by atoms with Crippen molar-refractivity contribution in [1.82, 2.24) is 0 Å². The molecule has 0 aromatic rings. The van der Waals surface area contributed by atoms with Gasteiger partial charge in [-0.05, 0) is 13.3 Å². The summed E-state index contributed by atoms with van der Waals surface area (Å²) in [5, 5.41) is 0. The Balaban J connectivity index is 4.68. The van der Waals surface area contributed by atoms with Crippen LogP contribution in [0.5, 0.6) is 0 Å². The highest BCUT2D eigenvalue weighted by Gasteiger charge is 2.37. The summed E-state index contributed by atoms with van der Waals surface area (Å²) in [6, 6.07) is 3.98. The molecule has 0 unspecified atom stereocenters. The lowest BCUT2D eigenvalue weighted by atomic mass is 10.2. The maximum Gasteiger partial charge on any atom is 0.154 e. The molecule has 0 aliphatic carbocycles. The molecule has 0 radical (unpaired) electrons. The molecule has 0 spiro atoms. The van der Waals surface area contributed by atoms with E-state index in [9.17, 15) is 0 Å². The second-order valence-electron chi connectivity index (χ2n) is 5.35. The van der Waals surface area contributed by atoms with E-state index < -0.39 is 8.07 Å². The summed E-state index contributed by atoms with van der Waals surface area (Å²) in [5.74, 6) is 0. The number of methoxy groups -OCH3 is 1. The first-order chi connectivity index (χ1) is 8.60. The largest absolute Gasteiger partial charge is 0.356 e. The lowest BCUT2D eigenvalue weighted by Gasteiger charge is -2.38. The highest BCUT2D eigenvalue weighted by molar-refractivity contribution is 6.80. The molecule has 3 heteroatoms. The second-order valence-corrected chi connectivity index (χ2v) is 10.8. The molecule has 0 N–H and O–H groups in total. The van der Waals surface area contributed by atoms with Crippen LogP contribution in [0.1, 0.15) is 60.3 Å². The molecule has 0 saturated carbocycles. The topological polar surface area (TPSA) is 18.5 Å². The van der Waals surface area contributed by atoms with E-state index in [0.717, 1.165) is 0 Å². The van der Waals surface area contributed by atoms with Crippen molar-refractivity contribution in [3.8, 4) is 0 Å². The van der Waals surface area contributed by atoms with Crippen molar-refractivity contribution in [1.29, 1.82) is 0 Å². The van der Waals surface area contributed by atoms with Crippen LogP contribution in [0.3, 0.4) is 0 Å². The smallest absolute Gasteiger partial charge is 0.154 e. The van der Waals surface area contributed by atoms with Crippen molar-refractivity contribution in [3.63, 3.8) is 0 Å². The third kappa shape index (κ3) is 5.41. The molecule has 110 valence electrons. The molecular formula is C15H34O2Si. The molecule has 0 amide bonds. The number of ether oxygens (including phenoxy) is 2. The average molecular weight is 275 g/mol. The minimum Gasteiger partial charge on any atom is -0.356 e. The summed E-state index contributed by atoms with van der Waals surface area (Å²) < 4.78 is 11.5. The van der Waals surface area contributed by atoms with Gasteiger partial charge in [0.2, 0.25) is 0 Å². The molecule has 0 aliphatic heterocycles. The van der Waals surface area contributed by atoms with E-state index in [-0.39, 0.29) is 6.29 Å². The van der Waals surface area contributed by atoms with Crippen LogP contribution < -0.4 is 0 Å². The van der Waals surface area contributed by atoms with Gasteiger partial charge in [-0.2, -0.15) is 0 Å². The van der Waals surface area contributed by atoms with Gasteiger partial charge in [-0.15, -0.1) is 0 Å². The quantitative estimate of drug-likeness (QED) is 0.300. The van der Waals surface area contributed by atoms with Crippen molar-refractivity contribution in [2.45, 2.75) is 90.5 Å². The van der Waals surface area contributed by atoms with Crippen molar-refractivity contribution < 1.29 is 9.47 Å². The Labute approximate surface area is 115 Å². The fourth-order valence-corrected chi connectivity index (χ4v) is 6.98. The van der Waals surface area contributed by atoms with Crippen molar-refractivity contribution in [2.24, 2.45) is 0 Å². The zero-order chi connectivity index (χ0) is 14.0. The van der Waals surface area contributed by atoms with E-state index >= 15 is 0 Å². The molecule has 0 rings (SSSR count). The van der Waals surface area contributed by atoms with Crippen LogP contribution in [-0.2, 0) is 9.47 Å². The molecule has 2 nitrogen and oxygen atoms in total. The van der Waals surface area contributed by atoms with E-state index in [1.54, 1.807) is 7.11 Å². The average Bonchev–Trinajstić information content (AvgIpc) is 2.41. The standard InChI is InChI=1S/C15H34O2Si/c1-7-11-12-13-15(17-14(5)16-6)18(8-2,9-3)10-4/h14-15H,7-13H2,1-6H3/t14-,15+/m1/s1. The van der Waals surface area contributed by atoms with E-state index in [2.05, 4.69) is 27.7 Å². The summed E-state index contributed by atoms with van der Waals surface area (Å²) in [6.45, 7) is 11.3. The molecule has 0 aliphatic rings. The predicted molar refractivity (Wildman–Crippen MR) is 82.7 cm³/mol. The Hall–Kier alpha value is 0.137. The van der Waals surface area contributed by atoms with Gasteiger partial charge in [-0.3, -0.25) is 0 Å². The Kier molecular flexibility index (Phi) is 10.1. The van der Waals surface area contributed by atoms with Gasteiger partial charge in [-0.1, -0.05) is 65.1 Å². The van der Waals surface area contributed by atoms with Gasteiger partial charge >= 0.3 is 0 Å². The third-order valence-electron chi connectivity index (χ3n) is 4.55. The van der Waals surface area contributed by atoms with E-state index in [0.29, 0.717) is 5.73 Å². The zero-order valence-electron chi connectivity index (χ0n) is 13.4. The maximum atomic E-state index is 6.22. The highest BCUT2D eigenvalue weighted by Crippen LogP contribution is 2.30. The Morgan fingerprint density at radius 1 is 0.944 bits per heavy atom. The summed E-state index contributed by atoms with van der Waals surface area (Å²) in [4.78, 5) is 0. The Bertz CT molecular complexity index is 185. The molecule has 0 bridgehead atoms. The molecule has 0 aromatic carbocycles. The number of hydrogen-bond donors (Lipinski definition) is 0. The van der Waals surface area contributed by atoms with Crippen molar-refractivity contribution in [2.75, 3.05) is 7.11 Å². The van der Waals surface area contributed by atoms with Crippen LogP contribution in [0.15, 0.2) is 0 Å². The fourth-order valence-electron chi connectivity index (χ4n) is 2.82.